The van der Waals surface area contributed by atoms with Gasteiger partial charge in [-0.25, -0.2) is 4.98 Å². The number of ether oxygens (including phenoxy) is 1. The van der Waals surface area contributed by atoms with Gasteiger partial charge in [-0.2, -0.15) is 0 Å². The highest BCUT2D eigenvalue weighted by Crippen LogP contribution is 2.22. The Bertz CT molecular complexity index is 757. The largest absolute Gasteiger partial charge is 0.495 e. The lowest BCUT2D eigenvalue weighted by Gasteiger charge is -2.09. The van der Waals surface area contributed by atoms with Gasteiger partial charge >= 0.3 is 0 Å². The van der Waals surface area contributed by atoms with E-state index in [1.165, 1.54) is 12.2 Å². The van der Waals surface area contributed by atoms with E-state index in [-0.39, 0.29) is 11.1 Å². The van der Waals surface area contributed by atoms with E-state index >= 15 is 0 Å². The van der Waals surface area contributed by atoms with Gasteiger partial charge in [-0.05, 0) is 12.1 Å². The second-order valence-electron chi connectivity index (χ2n) is 4.50. The molecule has 0 bridgehead atoms. The van der Waals surface area contributed by atoms with E-state index < -0.39 is 0 Å². The minimum Gasteiger partial charge on any atom is -0.495 e. The number of halogens is 2. The lowest BCUT2D eigenvalue weighted by molar-refractivity contribution is -0.116. The second-order valence-corrected chi connectivity index (χ2v) is 4.91. The fourth-order valence-electron chi connectivity index (χ4n) is 1.86. The van der Waals surface area contributed by atoms with Crippen LogP contribution in [0.3, 0.4) is 0 Å². The minimum absolute atomic E-state index is 0.192. The smallest absolute Gasteiger partial charge is 0.244 e. The molecule has 0 radical (unpaired) electrons. The van der Waals surface area contributed by atoms with E-state index in [0.29, 0.717) is 18.8 Å². The number of rotatable bonds is 7. The number of allylic oxidation sites excluding steroid dienone is 1. The monoisotopic (exact) mass is 477 g/mol. The van der Waals surface area contributed by atoms with Gasteiger partial charge in [-0.1, -0.05) is 11.6 Å². The van der Waals surface area contributed by atoms with Crippen molar-refractivity contribution in [2.45, 2.75) is 0 Å². The quantitative estimate of drug-likeness (QED) is 0.210. The predicted molar refractivity (Wildman–Crippen MR) is 107 cm³/mol. The Balaban J connectivity index is 0.00000151. The van der Waals surface area contributed by atoms with E-state index in [1.807, 2.05) is 6.07 Å². The van der Waals surface area contributed by atoms with Crippen LogP contribution in [0.2, 0.25) is 0 Å². The molecule has 0 aliphatic carbocycles. The number of carbonyl (C=O) groups excluding carboxylic acids is 1. The van der Waals surface area contributed by atoms with E-state index in [9.17, 15) is 4.79 Å². The summed E-state index contributed by atoms with van der Waals surface area (Å²) in [4.78, 5) is 20.0. The molecule has 0 aliphatic heterocycles. The topological polar surface area (TPSA) is 120 Å². The van der Waals surface area contributed by atoms with Gasteiger partial charge in [-0.15, -0.1) is 0 Å². The van der Waals surface area contributed by atoms with Crippen LogP contribution < -0.4 is 15.4 Å². The molecule has 0 aliphatic rings. The fourth-order valence-corrected chi connectivity index (χ4v) is 1.92. The lowest BCUT2D eigenvalue weighted by Crippen LogP contribution is -2.27. The van der Waals surface area contributed by atoms with Crippen molar-refractivity contribution < 1.29 is 13.0 Å². The summed E-state index contributed by atoms with van der Waals surface area (Å²) in [6, 6.07) is 3.62. The van der Waals surface area contributed by atoms with Crippen molar-refractivity contribution >= 4 is 62.4 Å². The molecule has 0 unspecified atom stereocenters. The second kappa shape index (κ2) is 11.6. The number of hydrogen-bond donors (Lipinski definition) is 4. The Morgan fingerprint density at radius 3 is 2.84 bits per heavy atom. The molecular formula is C15H17ClIN5O3. The maximum absolute atomic E-state index is 11.4. The summed E-state index contributed by atoms with van der Waals surface area (Å²) in [6.07, 6.45) is 5.74. The summed E-state index contributed by atoms with van der Waals surface area (Å²) in [5.41, 5.74) is 2.28. The Labute approximate surface area is 163 Å². The van der Waals surface area contributed by atoms with Gasteiger partial charge in [0.15, 0.2) is 0 Å². The molecule has 0 aromatic carbocycles. The highest BCUT2D eigenvalue weighted by atomic mass is 127. The third kappa shape index (κ3) is 7.20. The zero-order valence-electron chi connectivity index (χ0n) is 13.3. The highest BCUT2D eigenvalue weighted by Gasteiger charge is 2.04. The van der Waals surface area contributed by atoms with Gasteiger partial charge in [0.05, 0.1) is 24.5 Å². The number of hydrogen-bond acceptors (Lipinski definition) is 7. The lowest BCUT2D eigenvalue weighted by atomic mass is 10.2. The van der Waals surface area contributed by atoms with Gasteiger partial charge in [0.1, 0.15) is 39.4 Å². The molecule has 2 rings (SSSR count). The number of amides is 1. The molecule has 0 fully saturated rings. The predicted octanol–water partition coefficient (Wildman–Crippen LogP) is 2.27. The molecule has 10 heteroatoms. The number of pyridine rings is 2. The van der Waals surface area contributed by atoms with Crippen LogP contribution in [0.4, 0.5) is 5.69 Å². The molecule has 4 N–H and O–H groups in total. The van der Waals surface area contributed by atoms with Crippen LogP contribution >= 0.6 is 34.6 Å². The Hall–Kier alpha value is -1.98. The first kappa shape index (κ1) is 21.1. The average Bonchev–Trinajstić information content (AvgIpc) is 2.64. The zero-order valence-corrected chi connectivity index (χ0v) is 16.2. The summed E-state index contributed by atoms with van der Waals surface area (Å²) in [6.45, 7) is 0.934. The molecule has 0 saturated heterocycles. The van der Waals surface area contributed by atoms with Crippen molar-refractivity contribution in [2.24, 2.45) is 0 Å². The standard InChI is InChI=1S/C15H16ClN5O2.HIO/c1-23-10-8-12-15(21-9-10)11(4-5-18-12)19-6-7-20-14(22)3-2-13(16)17;1-2/h2-5,8-9,17H,6-7H2,1H3,(H,18,19)(H,20,22);2H/b3-2-,17-13?;. The van der Waals surface area contributed by atoms with Crippen LogP contribution in [0.1, 0.15) is 0 Å². The Morgan fingerprint density at radius 2 is 2.16 bits per heavy atom. The SMILES string of the molecule is COc1cnc2c(NCCNC(=O)/C=C\C(=N)Cl)ccnc2c1.OI. The summed E-state index contributed by atoms with van der Waals surface area (Å²) >= 11 is 6.47. The number of methoxy groups -OCH3 is 1. The van der Waals surface area contributed by atoms with Crippen LogP contribution in [0, 0.1) is 5.41 Å². The first-order chi connectivity index (χ1) is 12.1. The maximum atomic E-state index is 11.4. The summed E-state index contributed by atoms with van der Waals surface area (Å²) < 4.78 is 12.1. The van der Waals surface area contributed by atoms with Gasteiger partial charge in [0.25, 0.3) is 0 Å². The van der Waals surface area contributed by atoms with E-state index in [4.69, 9.17) is 25.2 Å². The number of aromatic nitrogens is 2. The van der Waals surface area contributed by atoms with Gasteiger partial charge < -0.3 is 18.8 Å². The number of nitrogens with zero attached hydrogens (tertiary/aromatic N) is 2. The highest BCUT2D eigenvalue weighted by molar-refractivity contribution is 14.1. The fraction of sp³-hybridized carbons (Fsp3) is 0.200. The van der Waals surface area contributed by atoms with Crippen LogP contribution in [0.25, 0.3) is 11.0 Å². The normalized spacial score (nSPS) is 10.1. The molecular weight excluding hydrogens is 461 g/mol. The zero-order chi connectivity index (χ0) is 18.7. The number of nitrogens with one attached hydrogen (secondary N) is 3. The van der Waals surface area contributed by atoms with Gasteiger partial charge in [0.2, 0.25) is 5.91 Å². The maximum Gasteiger partial charge on any atom is 0.244 e. The van der Waals surface area contributed by atoms with Crippen LogP contribution in [0.15, 0.2) is 36.7 Å². The summed E-state index contributed by atoms with van der Waals surface area (Å²) in [5, 5.41) is 12.7. The Kier molecular flexibility index (Phi) is 9.73. The van der Waals surface area contributed by atoms with Crippen molar-refractivity contribution in [3.63, 3.8) is 0 Å². The average molecular weight is 478 g/mol. The molecule has 8 nitrogen and oxygen atoms in total. The van der Waals surface area contributed by atoms with Crippen LogP contribution in [-0.2, 0) is 4.79 Å². The molecule has 2 heterocycles. The van der Waals surface area contributed by atoms with E-state index in [1.54, 1.807) is 25.6 Å². The molecule has 1 amide bonds. The third-order valence-electron chi connectivity index (χ3n) is 2.91. The third-order valence-corrected chi connectivity index (χ3v) is 3.03. The number of carbonyl (C=O) groups is 1. The van der Waals surface area contributed by atoms with E-state index in [0.717, 1.165) is 39.7 Å². The van der Waals surface area contributed by atoms with Crippen LogP contribution in [0.5, 0.6) is 5.75 Å². The molecule has 0 saturated carbocycles. The van der Waals surface area contributed by atoms with Crippen molar-refractivity contribution in [1.82, 2.24) is 15.3 Å². The molecule has 2 aromatic rings. The molecule has 0 atom stereocenters. The molecule has 134 valence electrons. The molecule has 0 spiro atoms. The van der Waals surface area contributed by atoms with Crippen molar-refractivity contribution in [2.75, 3.05) is 25.5 Å². The van der Waals surface area contributed by atoms with Gasteiger partial charge in [-0.3, -0.25) is 15.2 Å². The van der Waals surface area contributed by atoms with Crippen molar-refractivity contribution in [1.29, 1.82) is 5.41 Å². The number of fused-ring (bicyclic) bond motifs is 1. The van der Waals surface area contributed by atoms with Crippen molar-refractivity contribution in [3.05, 3.63) is 36.7 Å². The first-order valence-corrected chi connectivity index (χ1v) is 8.34. The van der Waals surface area contributed by atoms with Gasteiger partial charge in [0, 0.05) is 31.4 Å². The molecule has 25 heavy (non-hydrogen) atoms. The first-order valence-electron chi connectivity index (χ1n) is 6.99. The van der Waals surface area contributed by atoms with Crippen LogP contribution in [-0.4, -0.2) is 44.7 Å². The minimum atomic E-state index is -0.306. The van der Waals surface area contributed by atoms with E-state index in [2.05, 4.69) is 20.6 Å². The molecule has 2 aromatic heterocycles. The Morgan fingerprint density at radius 1 is 1.40 bits per heavy atom. The summed E-state index contributed by atoms with van der Waals surface area (Å²) in [7, 11) is 1.58. The summed E-state index contributed by atoms with van der Waals surface area (Å²) in [5.74, 6) is 0.339. The van der Waals surface area contributed by atoms with Crippen molar-refractivity contribution in [3.8, 4) is 5.75 Å². The number of anilines is 1.